The summed E-state index contributed by atoms with van der Waals surface area (Å²) >= 11 is 0. The summed E-state index contributed by atoms with van der Waals surface area (Å²) in [5, 5.41) is 54.4. The molecular formula is C55H103NO8. The van der Waals surface area contributed by atoms with Gasteiger partial charge in [0.05, 0.1) is 25.4 Å². The maximum atomic E-state index is 13.0. The van der Waals surface area contributed by atoms with Crippen LogP contribution in [0.3, 0.4) is 0 Å². The molecule has 64 heavy (non-hydrogen) atoms. The van der Waals surface area contributed by atoms with Crippen LogP contribution in [-0.2, 0) is 14.3 Å². The summed E-state index contributed by atoms with van der Waals surface area (Å²) in [4.78, 5) is 13.0. The summed E-state index contributed by atoms with van der Waals surface area (Å²) in [5.41, 5.74) is 0. The van der Waals surface area contributed by atoms with Gasteiger partial charge in [-0.1, -0.05) is 230 Å². The third kappa shape index (κ3) is 34.7. The Balaban J connectivity index is 2.23. The Morgan fingerprint density at radius 3 is 1.34 bits per heavy atom. The molecule has 1 heterocycles. The summed E-state index contributed by atoms with van der Waals surface area (Å²) < 4.78 is 11.3. The molecule has 1 amide bonds. The zero-order chi connectivity index (χ0) is 46.6. The number of ether oxygens (including phenoxy) is 2. The Morgan fingerprint density at radius 2 is 0.922 bits per heavy atom. The topological polar surface area (TPSA) is 149 Å². The molecule has 9 heteroatoms. The lowest BCUT2D eigenvalue weighted by Crippen LogP contribution is -2.60. The van der Waals surface area contributed by atoms with Crippen molar-refractivity contribution in [2.45, 2.75) is 294 Å². The van der Waals surface area contributed by atoms with Crippen molar-refractivity contribution < 1.29 is 39.8 Å². The number of hydrogen-bond donors (Lipinski definition) is 6. The summed E-state index contributed by atoms with van der Waals surface area (Å²) in [7, 11) is 0. The molecule has 1 aliphatic heterocycles. The van der Waals surface area contributed by atoms with Crippen molar-refractivity contribution >= 4 is 5.91 Å². The molecule has 0 aromatic heterocycles. The van der Waals surface area contributed by atoms with Crippen LogP contribution in [0.1, 0.15) is 251 Å². The van der Waals surface area contributed by atoms with Gasteiger partial charge in [-0.15, -0.1) is 0 Å². The van der Waals surface area contributed by atoms with E-state index < -0.39 is 49.5 Å². The normalized spacial score (nSPS) is 20.3. The molecule has 0 aromatic rings. The van der Waals surface area contributed by atoms with E-state index in [1.54, 1.807) is 6.08 Å². The average Bonchev–Trinajstić information content (AvgIpc) is 3.29. The molecular weight excluding hydrogens is 803 g/mol. The average molecular weight is 906 g/mol. The summed E-state index contributed by atoms with van der Waals surface area (Å²) in [6.07, 6.45) is 50.5. The number of carbonyl (C=O) groups is 1. The summed E-state index contributed by atoms with van der Waals surface area (Å²) in [5.74, 6) is -0.176. The van der Waals surface area contributed by atoms with Crippen LogP contribution in [0.15, 0.2) is 36.5 Å². The van der Waals surface area contributed by atoms with E-state index in [1.165, 1.54) is 186 Å². The Hall–Kier alpha value is -1.59. The molecule has 0 radical (unpaired) electrons. The lowest BCUT2D eigenvalue weighted by molar-refractivity contribution is -0.302. The molecule has 6 N–H and O–H groups in total. The van der Waals surface area contributed by atoms with E-state index in [2.05, 4.69) is 43.5 Å². The number of aliphatic hydroxyl groups is 5. The van der Waals surface area contributed by atoms with Gasteiger partial charge in [-0.2, -0.15) is 0 Å². The van der Waals surface area contributed by atoms with Crippen LogP contribution in [-0.4, -0.2) is 87.5 Å². The zero-order valence-corrected chi connectivity index (χ0v) is 41.5. The molecule has 0 aromatic carbocycles. The largest absolute Gasteiger partial charge is 0.394 e. The van der Waals surface area contributed by atoms with E-state index in [9.17, 15) is 30.3 Å². The number of carbonyl (C=O) groups excluding carboxylic acids is 1. The molecule has 1 rings (SSSR count). The van der Waals surface area contributed by atoms with Crippen LogP contribution < -0.4 is 5.32 Å². The quantitative estimate of drug-likeness (QED) is 0.0261. The SMILES string of the molecule is CCCCCCC/C=C\C/C=C\CCCCCCCCCCCCCCCC(=O)NC(COC1OC(CO)C(O)C(O)C1O)C(O)/C=C/CCCCCCCCCCCCCCCC. The van der Waals surface area contributed by atoms with Gasteiger partial charge in [0.15, 0.2) is 6.29 Å². The van der Waals surface area contributed by atoms with E-state index >= 15 is 0 Å². The molecule has 0 aliphatic carbocycles. The summed E-state index contributed by atoms with van der Waals surface area (Å²) in [6.45, 7) is 3.78. The first-order valence-electron chi connectivity index (χ1n) is 27.2. The second-order valence-electron chi connectivity index (χ2n) is 19.0. The molecule has 7 atom stereocenters. The van der Waals surface area contributed by atoms with E-state index in [0.717, 1.165) is 44.9 Å². The fraction of sp³-hybridized carbons (Fsp3) is 0.873. The van der Waals surface area contributed by atoms with Crippen molar-refractivity contribution in [2.75, 3.05) is 13.2 Å². The lowest BCUT2D eigenvalue weighted by Gasteiger charge is -2.40. The minimum absolute atomic E-state index is 0.176. The summed E-state index contributed by atoms with van der Waals surface area (Å²) in [6, 6.07) is -0.804. The Kier molecular flexibility index (Phi) is 42.7. The minimum atomic E-state index is -1.57. The van der Waals surface area contributed by atoms with Crippen LogP contribution in [0.5, 0.6) is 0 Å². The highest BCUT2D eigenvalue weighted by atomic mass is 16.7. The first-order valence-corrected chi connectivity index (χ1v) is 27.2. The van der Waals surface area contributed by atoms with Crippen LogP contribution >= 0.6 is 0 Å². The van der Waals surface area contributed by atoms with Crippen molar-refractivity contribution in [1.29, 1.82) is 0 Å². The predicted molar refractivity (Wildman–Crippen MR) is 267 cm³/mol. The van der Waals surface area contributed by atoms with Crippen molar-refractivity contribution in [1.82, 2.24) is 5.32 Å². The number of amides is 1. The highest BCUT2D eigenvalue weighted by Crippen LogP contribution is 2.23. The van der Waals surface area contributed by atoms with Crippen molar-refractivity contribution in [3.8, 4) is 0 Å². The number of unbranched alkanes of at least 4 members (excludes halogenated alkanes) is 32. The minimum Gasteiger partial charge on any atom is -0.394 e. The number of hydrogen-bond acceptors (Lipinski definition) is 8. The maximum Gasteiger partial charge on any atom is 0.220 e. The molecule has 9 nitrogen and oxygen atoms in total. The van der Waals surface area contributed by atoms with E-state index in [0.29, 0.717) is 6.42 Å². The first-order chi connectivity index (χ1) is 31.3. The van der Waals surface area contributed by atoms with Crippen LogP contribution in [0.4, 0.5) is 0 Å². The van der Waals surface area contributed by atoms with Gasteiger partial charge in [0.2, 0.25) is 5.91 Å². The molecule has 0 bridgehead atoms. The van der Waals surface area contributed by atoms with Gasteiger partial charge in [-0.3, -0.25) is 4.79 Å². The van der Waals surface area contributed by atoms with Gasteiger partial charge in [0.25, 0.3) is 0 Å². The number of nitrogens with one attached hydrogen (secondary N) is 1. The van der Waals surface area contributed by atoms with Crippen molar-refractivity contribution in [2.24, 2.45) is 0 Å². The second kappa shape index (κ2) is 45.2. The fourth-order valence-corrected chi connectivity index (χ4v) is 8.60. The van der Waals surface area contributed by atoms with Gasteiger partial charge < -0.3 is 40.3 Å². The maximum absolute atomic E-state index is 13.0. The van der Waals surface area contributed by atoms with Crippen molar-refractivity contribution in [3.63, 3.8) is 0 Å². The van der Waals surface area contributed by atoms with Crippen molar-refractivity contribution in [3.05, 3.63) is 36.5 Å². The van der Waals surface area contributed by atoms with Gasteiger partial charge >= 0.3 is 0 Å². The molecule has 1 aliphatic rings. The van der Waals surface area contributed by atoms with E-state index in [4.69, 9.17) is 9.47 Å². The predicted octanol–water partition coefficient (Wildman–Crippen LogP) is 12.8. The molecule has 0 spiro atoms. The molecule has 376 valence electrons. The first kappa shape index (κ1) is 60.4. The molecule has 7 unspecified atom stereocenters. The monoisotopic (exact) mass is 906 g/mol. The van der Waals surface area contributed by atoms with Crippen LogP contribution in [0, 0.1) is 0 Å². The smallest absolute Gasteiger partial charge is 0.220 e. The standard InChI is InChI=1S/C55H103NO8/c1-3-5-7-9-11-13-15-17-19-21-22-23-24-25-26-27-28-29-31-33-35-37-39-41-43-45-51(59)56-48(47-63-55-54(62)53(61)52(60)50(46-57)64-55)49(58)44-42-40-38-36-34-32-30-20-18-16-14-12-10-8-6-4-2/h15,17,21-22,42,44,48-50,52-55,57-58,60-62H,3-14,16,18-20,23-41,43,45-47H2,1-2H3,(H,56,59)/b17-15-,22-21-,44-42+. The second-order valence-corrected chi connectivity index (χ2v) is 19.0. The van der Waals surface area contributed by atoms with Gasteiger partial charge in [-0.05, 0) is 51.4 Å². The lowest BCUT2D eigenvalue weighted by atomic mass is 9.99. The van der Waals surface area contributed by atoms with Crippen LogP contribution in [0.25, 0.3) is 0 Å². The zero-order valence-electron chi connectivity index (χ0n) is 41.5. The number of allylic oxidation sites excluding steroid dienone is 5. The van der Waals surface area contributed by atoms with Gasteiger partial charge in [0.1, 0.15) is 24.4 Å². The molecule has 1 saturated heterocycles. The third-order valence-corrected chi connectivity index (χ3v) is 13.0. The molecule has 1 fully saturated rings. The van der Waals surface area contributed by atoms with Gasteiger partial charge in [0, 0.05) is 6.42 Å². The third-order valence-electron chi connectivity index (χ3n) is 13.0. The molecule has 0 saturated carbocycles. The Morgan fingerprint density at radius 1 is 0.531 bits per heavy atom. The highest BCUT2D eigenvalue weighted by Gasteiger charge is 2.44. The van der Waals surface area contributed by atoms with E-state index in [-0.39, 0.29) is 12.5 Å². The number of aliphatic hydroxyl groups excluding tert-OH is 5. The number of rotatable bonds is 46. The Labute approximate surface area is 393 Å². The van der Waals surface area contributed by atoms with Gasteiger partial charge in [-0.25, -0.2) is 0 Å². The fourth-order valence-electron chi connectivity index (χ4n) is 8.60. The Bertz CT molecular complexity index is 1100. The van der Waals surface area contributed by atoms with Crippen LogP contribution in [0.2, 0.25) is 0 Å². The highest BCUT2D eigenvalue weighted by molar-refractivity contribution is 5.76. The van der Waals surface area contributed by atoms with E-state index in [1.807, 2.05) is 6.08 Å².